The number of aromatic nitrogens is 1. The summed E-state index contributed by atoms with van der Waals surface area (Å²) in [5, 5.41) is 12.3. The second-order valence-electron chi connectivity index (χ2n) is 5.62. The lowest BCUT2D eigenvalue weighted by atomic mass is 10.0. The van der Waals surface area contributed by atoms with E-state index in [-0.39, 0.29) is 11.5 Å². The minimum atomic E-state index is -1.03. The van der Waals surface area contributed by atoms with Crippen LogP contribution in [-0.4, -0.2) is 29.1 Å². The minimum absolute atomic E-state index is 0.141. The van der Waals surface area contributed by atoms with Crippen LogP contribution in [0, 0.1) is 0 Å². The molecule has 0 fully saturated rings. The molecule has 1 amide bonds. The lowest BCUT2D eigenvalue weighted by Gasteiger charge is -2.10. The number of halogens is 1. The predicted molar refractivity (Wildman–Crippen MR) is 103 cm³/mol. The monoisotopic (exact) mass is 382 g/mol. The van der Waals surface area contributed by atoms with Crippen LogP contribution in [0.15, 0.2) is 60.8 Å². The summed E-state index contributed by atoms with van der Waals surface area (Å²) < 4.78 is 4.98. The van der Waals surface area contributed by atoms with E-state index in [1.807, 2.05) is 0 Å². The van der Waals surface area contributed by atoms with E-state index in [2.05, 4.69) is 10.3 Å². The van der Waals surface area contributed by atoms with Crippen molar-refractivity contribution in [3.05, 3.63) is 76.9 Å². The first-order chi connectivity index (χ1) is 13.0. The molecular weight excluding hydrogens is 368 g/mol. The van der Waals surface area contributed by atoms with Crippen LogP contribution in [0.5, 0.6) is 5.88 Å². The zero-order valence-corrected chi connectivity index (χ0v) is 15.0. The van der Waals surface area contributed by atoms with E-state index in [9.17, 15) is 9.59 Å². The quantitative estimate of drug-likeness (QED) is 0.684. The third-order valence-corrected chi connectivity index (χ3v) is 4.18. The van der Waals surface area contributed by atoms with E-state index in [1.165, 1.54) is 25.4 Å². The Kier molecular flexibility index (Phi) is 5.38. The molecule has 136 valence electrons. The Labute approximate surface area is 160 Å². The molecule has 0 aliphatic rings. The molecule has 0 saturated heterocycles. The van der Waals surface area contributed by atoms with E-state index in [0.717, 1.165) is 0 Å². The maximum absolute atomic E-state index is 12.5. The van der Waals surface area contributed by atoms with Crippen molar-refractivity contribution in [2.75, 3.05) is 12.4 Å². The van der Waals surface area contributed by atoms with Crippen molar-refractivity contribution < 1.29 is 19.4 Å². The van der Waals surface area contributed by atoms with Gasteiger partial charge in [0.05, 0.1) is 24.6 Å². The van der Waals surface area contributed by atoms with Gasteiger partial charge in [-0.2, -0.15) is 0 Å². The highest BCUT2D eigenvalue weighted by molar-refractivity contribution is 6.33. The SMILES string of the molecule is COc1ccc(NC(=O)c2ccc(Cl)c(-c3cccc(C(=O)O)c3)c2)cn1. The topological polar surface area (TPSA) is 88.5 Å². The first-order valence-corrected chi connectivity index (χ1v) is 8.30. The van der Waals surface area contributed by atoms with Crippen LogP contribution >= 0.6 is 11.6 Å². The lowest BCUT2D eigenvalue weighted by Crippen LogP contribution is -2.12. The van der Waals surface area contributed by atoms with Crippen LogP contribution in [0.2, 0.25) is 5.02 Å². The van der Waals surface area contributed by atoms with Gasteiger partial charge in [0.1, 0.15) is 0 Å². The minimum Gasteiger partial charge on any atom is -0.481 e. The number of hydrogen-bond donors (Lipinski definition) is 2. The molecule has 0 aliphatic heterocycles. The van der Waals surface area contributed by atoms with Crippen molar-refractivity contribution in [2.45, 2.75) is 0 Å². The number of rotatable bonds is 5. The molecule has 1 heterocycles. The highest BCUT2D eigenvalue weighted by Crippen LogP contribution is 2.30. The summed E-state index contributed by atoms with van der Waals surface area (Å²) in [6, 6.07) is 14.5. The van der Waals surface area contributed by atoms with Crippen LogP contribution in [0.3, 0.4) is 0 Å². The molecule has 0 aliphatic carbocycles. The molecule has 27 heavy (non-hydrogen) atoms. The molecule has 0 spiro atoms. The standard InChI is InChI=1S/C20H15ClN2O4/c1-27-18-8-6-15(11-22-18)23-19(24)13-5-7-17(21)16(10-13)12-3-2-4-14(9-12)20(25)26/h2-11H,1H3,(H,23,24)(H,25,26). The van der Waals surface area contributed by atoms with Gasteiger partial charge in [-0.3, -0.25) is 4.79 Å². The van der Waals surface area contributed by atoms with Crippen molar-refractivity contribution in [2.24, 2.45) is 0 Å². The molecule has 2 aromatic carbocycles. The zero-order chi connectivity index (χ0) is 19.4. The van der Waals surface area contributed by atoms with Crippen LogP contribution < -0.4 is 10.1 Å². The third-order valence-electron chi connectivity index (χ3n) is 3.85. The molecule has 6 nitrogen and oxygen atoms in total. The summed E-state index contributed by atoms with van der Waals surface area (Å²) in [6.07, 6.45) is 1.49. The number of anilines is 1. The van der Waals surface area contributed by atoms with E-state index in [0.29, 0.717) is 33.3 Å². The molecule has 0 bridgehead atoms. The first-order valence-electron chi connectivity index (χ1n) is 7.92. The van der Waals surface area contributed by atoms with Crippen molar-refractivity contribution in [1.29, 1.82) is 0 Å². The number of pyridine rings is 1. The molecule has 0 unspecified atom stereocenters. The first kappa shape index (κ1) is 18.4. The predicted octanol–water partition coefficient (Wildman–Crippen LogP) is 4.36. The van der Waals surface area contributed by atoms with Gasteiger partial charge in [0, 0.05) is 22.2 Å². The number of methoxy groups -OCH3 is 1. The van der Waals surface area contributed by atoms with E-state index in [1.54, 1.807) is 42.5 Å². The Balaban J connectivity index is 1.89. The van der Waals surface area contributed by atoms with Crippen LogP contribution in [-0.2, 0) is 0 Å². The van der Waals surface area contributed by atoms with E-state index in [4.69, 9.17) is 21.4 Å². The summed E-state index contributed by atoms with van der Waals surface area (Å²) >= 11 is 6.26. The smallest absolute Gasteiger partial charge is 0.335 e. The van der Waals surface area contributed by atoms with Gasteiger partial charge in [0.2, 0.25) is 5.88 Å². The second kappa shape index (κ2) is 7.88. The maximum atomic E-state index is 12.5. The maximum Gasteiger partial charge on any atom is 0.335 e. The summed E-state index contributed by atoms with van der Waals surface area (Å²) in [4.78, 5) is 27.7. The Bertz CT molecular complexity index is 1000. The van der Waals surface area contributed by atoms with Gasteiger partial charge in [0.25, 0.3) is 5.91 Å². The Morgan fingerprint density at radius 3 is 2.56 bits per heavy atom. The average Bonchev–Trinajstić information content (AvgIpc) is 2.69. The number of aromatic carboxylic acids is 1. The number of carboxylic acids is 1. The third kappa shape index (κ3) is 4.24. The van der Waals surface area contributed by atoms with Crippen LogP contribution in [0.4, 0.5) is 5.69 Å². The normalized spacial score (nSPS) is 10.3. The van der Waals surface area contributed by atoms with Gasteiger partial charge in [0.15, 0.2) is 0 Å². The van der Waals surface area contributed by atoms with Gasteiger partial charge in [-0.25, -0.2) is 9.78 Å². The van der Waals surface area contributed by atoms with Crippen molar-refractivity contribution in [1.82, 2.24) is 4.98 Å². The summed E-state index contributed by atoms with van der Waals surface area (Å²) in [7, 11) is 1.51. The Hall–Kier alpha value is -3.38. The summed E-state index contributed by atoms with van der Waals surface area (Å²) in [6.45, 7) is 0. The summed E-state index contributed by atoms with van der Waals surface area (Å²) in [5.41, 5.74) is 2.22. The van der Waals surface area contributed by atoms with E-state index >= 15 is 0 Å². The van der Waals surface area contributed by atoms with Crippen LogP contribution in [0.1, 0.15) is 20.7 Å². The zero-order valence-electron chi connectivity index (χ0n) is 14.3. The van der Waals surface area contributed by atoms with E-state index < -0.39 is 5.97 Å². The number of hydrogen-bond acceptors (Lipinski definition) is 4. The molecule has 0 radical (unpaired) electrons. The fourth-order valence-electron chi connectivity index (χ4n) is 2.49. The number of ether oxygens (including phenoxy) is 1. The second-order valence-corrected chi connectivity index (χ2v) is 6.03. The number of carbonyl (C=O) groups is 2. The highest BCUT2D eigenvalue weighted by Gasteiger charge is 2.12. The van der Waals surface area contributed by atoms with Gasteiger partial charge < -0.3 is 15.2 Å². The van der Waals surface area contributed by atoms with Gasteiger partial charge in [-0.15, -0.1) is 0 Å². The van der Waals surface area contributed by atoms with Crippen LogP contribution in [0.25, 0.3) is 11.1 Å². The van der Waals surface area contributed by atoms with Gasteiger partial charge in [-0.05, 0) is 42.0 Å². The Morgan fingerprint density at radius 1 is 1.07 bits per heavy atom. The molecule has 0 saturated carbocycles. The molecule has 2 N–H and O–H groups in total. The lowest BCUT2D eigenvalue weighted by molar-refractivity contribution is 0.0696. The largest absolute Gasteiger partial charge is 0.481 e. The molecule has 3 aromatic rings. The fraction of sp³-hybridized carbons (Fsp3) is 0.0500. The van der Waals surface area contributed by atoms with Gasteiger partial charge in [-0.1, -0.05) is 23.7 Å². The molecular formula is C20H15ClN2O4. The van der Waals surface area contributed by atoms with Crippen molar-refractivity contribution >= 4 is 29.2 Å². The van der Waals surface area contributed by atoms with Crippen molar-refractivity contribution in [3.63, 3.8) is 0 Å². The fourth-order valence-corrected chi connectivity index (χ4v) is 2.71. The Morgan fingerprint density at radius 2 is 1.89 bits per heavy atom. The number of amides is 1. The van der Waals surface area contributed by atoms with Gasteiger partial charge >= 0.3 is 5.97 Å². The molecule has 0 atom stereocenters. The average molecular weight is 383 g/mol. The summed E-state index contributed by atoms with van der Waals surface area (Å²) in [5.74, 6) is -0.928. The highest BCUT2D eigenvalue weighted by atomic mass is 35.5. The molecule has 1 aromatic heterocycles. The number of benzene rings is 2. The molecule has 7 heteroatoms. The number of carboxylic acid groups (broad SMARTS) is 1. The number of carbonyl (C=O) groups excluding carboxylic acids is 1. The van der Waals surface area contributed by atoms with Crippen molar-refractivity contribution in [3.8, 4) is 17.0 Å². The number of nitrogens with one attached hydrogen (secondary N) is 1. The number of nitrogens with zero attached hydrogens (tertiary/aromatic N) is 1. The molecule has 3 rings (SSSR count).